The predicted octanol–water partition coefficient (Wildman–Crippen LogP) is 6.84. The van der Waals surface area contributed by atoms with E-state index >= 15 is 0 Å². The van der Waals surface area contributed by atoms with Gasteiger partial charge in [-0.25, -0.2) is 8.78 Å². The van der Waals surface area contributed by atoms with Crippen molar-refractivity contribution in [3.05, 3.63) is 120 Å². The molecule has 0 bridgehead atoms. The van der Waals surface area contributed by atoms with Gasteiger partial charge in [0.15, 0.2) is 11.6 Å². The van der Waals surface area contributed by atoms with Crippen molar-refractivity contribution < 1.29 is 27.5 Å². The van der Waals surface area contributed by atoms with Crippen LogP contribution in [-0.2, 0) is 4.79 Å². The van der Waals surface area contributed by atoms with Gasteiger partial charge in [-0.3, -0.25) is 9.59 Å². The van der Waals surface area contributed by atoms with Crippen LogP contribution in [0.2, 0.25) is 0 Å². The topological polar surface area (TPSA) is 80.6 Å². The molecule has 37 heavy (non-hydrogen) atoms. The number of ether oxygens (including phenoxy) is 1. The quantitative estimate of drug-likeness (QED) is 0.286. The highest BCUT2D eigenvalue weighted by Crippen LogP contribution is 2.45. The summed E-state index contributed by atoms with van der Waals surface area (Å²) in [5, 5.41) is 5.90. The Bertz CT molecular complexity index is 1650. The van der Waals surface area contributed by atoms with Gasteiger partial charge in [0, 0.05) is 28.3 Å². The Hall–Kier alpha value is -4.98. The van der Waals surface area contributed by atoms with Gasteiger partial charge in [-0.15, -0.1) is 0 Å². The minimum atomic E-state index is -1.10. The van der Waals surface area contributed by atoms with Gasteiger partial charge in [-0.1, -0.05) is 48.5 Å². The Morgan fingerprint density at radius 2 is 1.38 bits per heavy atom. The van der Waals surface area contributed by atoms with Gasteiger partial charge in [-0.2, -0.15) is 0 Å². The molecular weight excluding hydrogens is 478 g/mol. The summed E-state index contributed by atoms with van der Waals surface area (Å²) in [5.41, 5.74) is 1.94. The smallest absolute Gasteiger partial charge is 0.293 e. The molecule has 182 valence electrons. The molecule has 2 heterocycles. The van der Waals surface area contributed by atoms with Crippen LogP contribution in [0.25, 0.3) is 11.0 Å². The minimum absolute atomic E-state index is 0.0360. The number of benzene rings is 4. The van der Waals surface area contributed by atoms with E-state index in [-0.39, 0.29) is 17.1 Å². The molecule has 4 aromatic carbocycles. The van der Waals surface area contributed by atoms with Gasteiger partial charge in [0.1, 0.15) is 22.8 Å². The highest BCUT2D eigenvalue weighted by molar-refractivity contribution is 6.15. The fourth-order valence-corrected chi connectivity index (χ4v) is 4.48. The van der Waals surface area contributed by atoms with Crippen LogP contribution in [0.4, 0.5) is 20.2 Å². The van der Waals surface area contributed by atoms with E-state index < -0.39 is 29.4 Å². The third-order valence-electron chi connectivity index (χ3n) is 6.17. The van der Waals surface area contributed by atoms with Gasteiger partial charge < -0.3 is 19.8 Å². The van der Waals surface area contributed by atoms with E-state index in [2.05, 4.69) is 10.6 Å². The Morgan fingerprint density at radius 1 is 0.730 bits per heavy atom. The number of anilines is 2. The summed E-state index contributed by atoms with van der Waals surface area (Å²) in [4.78, 5) is 27.0. The molecule has 8 heteroatoms. The monoisotopic (exact) mass is 496 g/mol. The van der Waals surface area contributed by atoms with Crippen molar-refractivity contribution in [3.63, 3.8) is 0 Å². The number of amides is 2. The third-order valence-corrected chi connectivity index (χ3v) is 6.17. The maximum atomic E-state index is 13.8. The van der Waals surface area contributed by atoms with Crippen LogP contribution >= 0.6 is 0 Å². The van der Waals surface area contributed by atoms with Crippen molar-refractivity contribution in [2.45, 2.75) is 5.92 Å². The largest absolute Gasteiger partial charge is 0.457 e. The van der Waals surface area contributed by atoms with E-state index in [0.717, 1.165) is 12.1 Å². The zero-order chi connectivity index (χ0) is 25.5. The minimum Gasteiger partial charge on any atom is -0.457 e. The molecule has 0 aliphatic carbocycles. The lowest BCUT2D eigenvalue weighted by Crippen LogP contribution is -2.26. The summed E-state index contributed by atoms with van der Waals surface area (Å²) in [6.45, 7) is 0. The van der Waals surface area contributed by atoms with Crippen molar-refractivity contribution in [3.8, 4) is 11.5 Å². The molecular formula is C29H18F2N2O4. The number of rotatable bonds is 4. The van der Waals surface area contributed by atoms with Gasteiger partial charge in [-0.05, 0) is 36.4 Å². The van der Waals surface area contributed by atoms with E-state index in [0.29, 0.717) is 33.6 Å². The summed E-state index contributed by atoms with van der Waals surface area (Å²) >= 11 is 0. The predicted molar refractivity (Wildman–Crippen MR) is 134 cm³/mol. The van der Waals surface area contributed by atoms with Crippen LogP contribution in [0, 0.1) is 11.6 Å². The maximum absolute atomic E-state index is 13.8. The average Bonchev–Trinajstić information content (AvgIpc) is 3.27. The van der Waals surface area contributed by atoms with Crippen LogP contribution < -0.4 is 15.4 Å². The van der Waals surface area contributed by atoms with Crippen LogP contribution in [-0.4, -0.2) is 11.8 Å². The average molecular weight is 496 g/mol. The summed E-state index contributed by atoms with van der Waals surface area (Å²) < 4.78 is 38.8. The second-order valence-electron chi connectivity index (χ2n) is 8.49. The Labute approximate surface area is 209 Å². The number of nitrogens with one attached hydrogen (secondary N) is 2. The molecule has 0 unspecified atom stereocenters. The molecule has 2 N–H and O–H groups in total. The maximum Gasteiger partial charge on any atom is 0.293 e. The first-order valence-electron chi connectivity index (χ1n) is 11.4. The van der Waals surface area contributed by atoms with E-state index in [9.17, 15) is 18.4 Å². The van der Waals surface area contributed by atoms with Crippen molar-refractivity contribution in [2.75, 3.05) is 10.6 Å². The number of carbonyl (C=O) groups is 2. The Balaban J connectivity index is 1.39. The molecule has 1 aromatic heterocycles. The molecule has 1 aliphatic heterocycles. The van der Waals surface area contributed by atoms with Crippen molar-refractivity contribution in [2.24, 2.45) is 0 Å². The van der Waals surface area contributed by atoms with E-state index in [1.54, 1.807) is 36.4 Å². The fraction of sp³-hybridized carbons (Fsp3) is 0.0345. The third kappa shape index (κ3) is 3.98. The van der Waals surface area contributed by atoms with E-state index in [4.69, 9.17) is 9.15 Å². The Kier molecular flexibility index (Phi) is 5.41. The Morgan fingerprint density at radius 3 is 2.08 bits per heavy atom. The zero-order valence-corrected chi connectivity index (χ0v) is 19.1. The first-order valence-corrected chi connectivity index (χ1v) is 11.4. The van der Waals surface area contributed by atoms with Crippen LogP contribution in [0.15, 0.2) is 95.4 Å². The molecule has 1 aliphatic rings. The van der Waals surface area contributed by atoms with Gasteiger partial charge in [0.25, 0.3) is 5.91 Å². The van der Waals surface area contributed by atoms with Gasteiger partial charge in [0.05, 0.1) is 5.92 Å². The van der Waals surface area contributed by atoms with Crippen LogP contribution in [0.1, 0.15) is 27.6 Å². The highest BCUT2D eigenvalue weighted by Gasteiger charge is 2.34. The molecule has 5 aromatic rings. The molecule has 6 nitrogen and oxygen atoms in total. The van der Waals surface area contributed by atoms with Crippen LogP contribution in [0.5, 0.6) is 11.5 Å². The summed E-state index contributed by atoms with van der Waals surface area (Å²) in [5.74, 6) is -3.02. The van der Waals surface area contributed by atoms with Crippen molar-refractivity contribution in [1.82, 2.24) is 0 Å². The first-order chi connectivity index (χ1) is 18.0. The molecule has 0 saturated carbocycles. The normalized spacial score (nSPS) is 12.4. The molecule has 0 atom stereocenters. The summed E-state index contributed by atoms with van der Waals surface area (Å²) in [7, 11) is 0. The van der Waals surface area contributed by atoms with E-state index in [1.165, 1.54) is 6.07 Å². The van der Waals surface area contributed by atoms with Crippen molar-refractivity contribution in [1.29, 1.82) is 0 Å². The number of hydrogen-bond acceptors (Lipinski definition) is 4. The number of fused-ring (bicyclic) bond motifs is 3. The lowest BCUT2D eigenvalue weighted by molar-refractivity contribution is -0.116. The standard InChI is InChI=1S/C29H18F2N2O4/c30-20-14-13-16(15-21(20)31)32-29(35)27-26(19-9-3-6-12-24(19)37-27)33-28(34)25-17-7-1-4-10-22(17)36-23-11-5-2-8-18(23)25/h1-15,25H,(H,32,35)(H,33,34). The van der Waals surface area contributed by atoms with E-state index in [1.807, 2.05) is 36.4 Å². The molecule has 0 saturated heterocycles. The summed E-state index contributed by atoms with van der Waals surface area (Å²) in [6, 6.07) is 24.4. The highest BCUT2D eigenvalue weighted by atomic mass is 19.2. The fourth-order valence-electron chi connectivity index (χ4n) is 4.48. The number of carbonyl (C=O) groups excluding carboxylic acids is 2. The lowest BCUT2D eigenvalue weighted by atomic mass is 9.87. The molecule has 0 radical (unpaired) electrons. The van der Waals surface area contributed by atoms with Gasteiger partial charge in [0.2, 0.25) is 11.7 Å². The SMILES string of the molecule is O=C(Nc1ccc(F)c(F)c1)c1oc2ccccc2c1NC(=O)C1c2ccccc2Oc2ccccc21. The molecule has 0 fully saturated rings. The second kappa shape index (κ2) is 8.91. The number of para-hydroxylation sites is 3. The summed E-state index contributed by atoms with van der Waals surface area (Å²) in [6.07, 6.45) is 0. The number of hydrogen-bond donors (Lipinski definition) is 2. The lowest BCUT2D eigenvalue weighted by Gasteiger charge is -2.27. The number of furan rings is 1. The van der Waals surface area contributed by atoms with Gasteiger partial charge >= 0.3 is 0 Å². The molecule has 0 spiro atoms. The van der Waals surface area contributed by atoms with Crippen molar-refractivity contribution >= 4 is 34.2 Å². The zero-order valence-electron chi connectivity index (χ0n) is 19.1. The second-order valence-corrected chi connectivity index (χ2v) is 8.49. The molecule has 6 rings (SSSR count). The number of halogens is 2. The molecule has 2 amide bonds. The first kappa shape index (κ1) is 22.5. The van der Waals surface area contributed by atoms with Crippen LogP contribution in [0.3, 0.4) is 0 Å².